The van der Waals surface area contributed by atoms with Crippen LogP contribution < -0.4 is 5.56 Å². The van der Waals surface area contributed by atoms with Crippen LogP contribution in [0, 0.1) is 0 Å². The van der Waals surface area contributed by atoms with E-state index in [0.717, 1.165) is 45.4 Å². The molecule has 29 heavy (non-hydrogen) atoms. The van der Waals surface area contributed by atoms with Crippen molar-refractivity contribution in [3.05, 3.63) is 84.4 Å². The van der Waals surface area contributed by atoms with Gasteiger partial charge in [-0.05, 0) is 66.8 Å². The molecule has 2 heterocycles. The van der Waals surface area contributed by atoms with E-state index in [1.54, 1.807) is 27.7 Å². The molecule has 2 aromatic carbocycles. The van der Waals surface area contributed by atoms with Gasteiger partial charge in [-0.2, -0.15) is 0 Å². The molecule has 1 aliphatic rings. The Balaban J connectivity index is 1.64. The molecule has 0 aliphatic heterocycles. The third-order valence-electron chi connectivity index (χ3n) is 5.07. The molecule has 0 N–H and O–H groups in total. The van der Waals surface area contributed by atoms with Crippen LogP contribution in [0.5, 0.6) is 0 Å². The fraction of sp³-hybridized carbons (Fsp3) is 0.182. The summed E-state index contributed by atoms with van der Waals surface area (Å²) in [7, 11) is 0. The molecule has 4 aromatic rings. The van der Waals surface area contributed by atoms with Gasteiger partial charge in [-0.3, -0.25) is 9.36 Å². The molecule has 0 unspecified atom stereocenters. The number of aryl methyl sites for hydroxylation is 2. The summed E-state index contributed by atoms with van der Waals surface area (Å²) < 4.78 is 2.80. The van der Waals surface area contributed by atoms with Crippen LogP contribution in [0.2, 0.25) is 5.02 Å². The molecule has 146 valence electrons. The van der Waals surface area contributed by atoms with Crippen LogP contribution in [-0.2, 0) is 18.6 Å². The fourth-order valence-corrected chi connectivity index (χ4v) is 6.33. The van der Waals surface area contributed by atoms with Gasteiger partial charge < -0.3 is 0 Å². The number of hydrogen-bond donors (Lipinski definition) is 0. The second-order valence-electron chi connectivity index (χ2n) is 6.96. The first-order chi connectivity index (χ1) is 14.1. The average Bonchev–Trinajstić information content (AvgIpc) is 3.29. The highest BCUT2D eigenvalue weighted by Gasteiger charge is 2.23. The maximum absolute atomic E-state index is 13.6. The first kappa shape index (κ1) is 19.4. The summed E-state index contributed by atoms with van der Waals surface area (Å²) in [5, 5.41) is 2.16. The van der Waals surface area contributed by atoms with E-state index in [-0.39, 0.29) is 5.56 Å². The molecule has 0 fully saturated rings. The van der Waals surface area contributed by atoms with Crippen LogP contribution >= 0.6 is 50.6 Å². The lowest BCUT2D eigenvalue weighted by Crippen LogP contribution is -2.21. The van der Waals surface area contributed by atoms with Crippen LogP contribution in [0.15, 0.2) is 63.0 Å². The van der Waals surface area contributed by atoms with E-state index in [9.17, 15) is 4.79 Å². The van der Waals surface area contributed by atoms with Gasteiger partial charge in [-0.25, -0.2) is 4.98 Å². The van der Waals surface area contributed by atoms with Crippen LogP contribution in [0.4, 0.5) is 0 Å². The molecule has 0 spiro atoms. The van der Waals surface area contributed by atoms with Crippen molar-refractivity contribution in [2.24, 2.45) is 0 Å². The molecule has 0 saturated heterocycles. The molecule has 5 rings (SSSR count). The molecular weight excluding hydrogens is 488 g/mol. The normalized spacial score (nSPS) is 13.2. The Kier molecular flexibility index (Phi) is 5.28. The maximum atomic E-state index is 13.6. The van der Waals surface area contributed by atoms with Gasteiger partial charge in [0.25, 0.3) is 5.56 Å². The number of thioether (sulfide) groups is 1. The first-order valence-electron chi connectivity index (χ1n) is 9.30. The maximum Gasteiger partial charge on any atom is 0.267 e. The minimum Gasteiger partial charge on any atom is -0.268 e. The molecule has 3 nitrogen and oxygen atoms in total. The topological polar surface area (TPSA) is 34.9 Å². The SMILES string of the molecule is O=c1c2c3c(sc2nc(SCc2ccc(Br)cc2)n1-c1ccc(Cl)cc1)CCC3. The van der Waals surface area contributed by atoms with E-state index < -0.39 is 0 Å². The summed E-state index contributed by atoms with van der Waals surface area (Å²) >= 11 is 12.8. The number of aromatic nitrogens is 2. The quantitative estimate of drug-likeness (QED) is 0.231. The Labute approximate surface area is 189 Å². The fourth-order valence-electron chi connectivity index (χ4n) is 3.67. The summed E-state index contributed by atoms with van der Waals surface area (Å²) in [6.07, 6.45) is 3.15. The minimum absolute atomic E-state index is 0.0232. The largest absolute Gasteiger partial charge is 0.268 e. The zero-order valence-corrected chi connectivity index (χ0v) is 19.3. The molecule has 0 bridgehead atoms. The zero-order valence-electron chi connectivity index (χ0n) is 15.3. The summed E-state index contributed by atoms with van der Waals surface area (Å²) in [4.78, 5) is 20.7. The molecule has 0 radical (unpaired) electrons. The van der Waals surface area contributed by atoms with Crippen LogP contribution in [0.3, 0.4) is 0 Å². The molecule has 0 amide bonds. The van der Waals surface area contributed by atoms with Gasteiger partial charge in [0.05, 0.1) is 11.1 Å². The second-order valence-corrected chi connectivity index (χ2v) is 10.3. The van der Waals surface area contributed by atoms with Crippen molar-refractivity contribution in [1.29, 1.82) is 0 Å². The molecule has 0 saturated carbocycles. The Hall–Kier alpha value is -1.60. The summed E-state index contributed by atoms with van der Waals surface area (Å²) in [5.41, 5.74) is 3.21. The Morgan fingerprint density at radius 1 is 1.10 bits per heavy atom. The molecule has 7 heteroatoms. The number of hydrogen-bond acceptors (Lipinski definition) is 4. The number of nitrogens with zero attached hydrogens (tertiary/aromatic N) is 2. The molecule has 1 aliphatic carbocycles. The Morgan fingerprint density at radius 3 is 2.62 bits per heavy atom. The number of rotatable bonds is 4. The van der Waals surface area contributed by atoms with Crippen molar-refractivity contribution in [3.8, 4) is 5.69 Å². The number of thiophene rings is 1. The van der Waals surface area contributed by atoms with Crippen molar-refractivity contribution in [2.45, 2.75) is 30.2 Å². The predicted octanol–water partition coefficient (Wildman–Crippen LogP) is 6.64. The lowest BCUT2D eigenvalue weighted by molar-refractivity contribution is 0.820. The average molecular weight is 504 g/mol. The van der Waals surface area contributed by atoms with E-state index in [0.29, 0.717) is 10.2 Å². The van der Waals surface area contributed by atoms with E-state index in [4.69, 9.17) is 16.6 Å². The van der Waals surface area contributed by atoms with Crippen LogP contribution in [-0.4, -0.2) is 9.55 Å². The lowest BCUT2D eigenvalue weighted by Gasteiger charge is -2.13. The molecular formula is C22H16BrClN2OS2. The smallest absolute Gasteiger partial charge is 0.267 e. The Morgan fingerprint density at radius 2 is 1.86 bits per heavy atom. The van der Waals surface area contributed by atoms with Gasteiger partial charge in [-0.15, -0.1) is 11.3 Å². The van der Waals surface area contributed by atoms with Crippen LogP contribution in [0.1, 0.15) is 22.4 Å². The lowest BCUT2D eigenvalue weighted by atomic mass is 10.2. The highest BCUT2D eigenvalue weighted by Crippen LogP contribution is 2.36. The highest BCUT2D eigenvalue weighted by atomic mass is 79.9. The van der Waals surface area contributed by atoms with Crippen molar-refractivity contribution in [2.75, 3.05) is 0 Å². The molecule has 2 aromatic heterocycles. The van der Waals surface area contributed by atoms with Crippen molar-refractivity contribution in [1.82, 2.24) is 9.55 Å². The van der Waals surface area contributed by atoms with Gasteiger partial charge in [0.15, 0.2) is 5.16 Å². The predicted molar refractivity (Wildman–Crippen MR) is 126 cm³/mol. The number of fused-ring (bicyclic) bond motifs is 3. The third kappa shape index (κ3) is 3.67. The standard InChI is InChI=1S/C22H16BrClN2OS2/c23-14-6-4-13(5-7-14)12-28-22-25-20-19(17-2-1-3-18(17)29-20)21(27)26(22)16-10-8-15(24)9-11-16/h4-11H,1-3,12H2. The third-order valence-corrected chi connectivity index (χ3v) is 8.05. The van der Waals surface area contributed by atoms with E-state index in [2.05, 4.69) is 28.1 Å². The van der Waals surface area contributed by atoms with Crippen molar-refractivity contribution in [3.63, 3.8) is 0 Å². The van der Waals surface area contributed by atoms with Gasteiger partial charge >= 0.3 is 0 Å². The van der Waals surface area contributed by atoms with E-state index in [1.807, 2.05) is 36.4 Å². The summed E-state index contributed by atoms with van der Waals surface area (Å²) in [6.45, 7) is 0. The highest BCUT2D eigenvalue weighted by molar-refractivity contribution is 9.10. The first-order valence-corrected chi connectivity index (χ1v) is 12.3. The summed E-state index contributed by atoms with van der Waals surface area (Å²) in [5.74, 6) is 0.740. The summed E-state index contributed by atoms with van der Waals surface area (Å²) in [6, 6.07) is 15.6. The van der Waals surface area contributed by atoms with Gasteiger partial charge in [-0.1, -0.05) is 51.4 Å². The minimum atomic E-state index is 0.0232. The second kappa shape index (κ2) is 7.91. The van der Waals surface area contributed by atoms with Gasteiger partial charge in [0.2, 0.25) is 0 Å². The molecule has 0 atom stereocenters. The number of benzene rings is 2. The van der Waals surface area contributed by atoms with Crippen molar-refractivity contribution >= 4 is 60.8 Å². The van der Waals surface area contributed by atoms with Crippen molar-refractivity contribution < 1.29 is 0 Å². The van der Waals surface area contributed by atoms with E-state index >= 15 is 0 Å². The Bertz CT molecular complexity index is 1260. The zero-order chi connectivity index (χ0) is 20.0. The van der Waals surface area contributed by atoms with Gasteiger partial charge in [0.1, 0.15) is 4.83 Å². The van der Waals surface area contributed by atoms with Crippen LogP contribution in [0.25, 0.3) is 15.9 Å². The van der Waals surface area contributed by atoms with E-state index in [1.165, 1.54) is 16.0 Å². The monoisotopic (exact) mass is 502 g/mol. The number of halogens is 2. The van der Waals surface area contributed by atoms with Gasteiger partial charge in [0, 0.05) is 20.1 Å².